The van der Waals surface area contributed by atoms with Crippen molar-refractivity contribution in [3.63, 3.8) is 0 Å². The molecule has 0 radical (unpaired) electrons. The fourth-order valence-corrected chi connectivity index (χ4v) is 3.03. The van der Waals surface area contributed by atoms with Crippen LogP contribution in [0.25, 0.3) is 5.69 Å². The first-order valence-electron chi connectivity index (χ1n) is 7.43. The summed E-state index contributed by atoms with van der Waals surface area (Å²) in [6, 6.07) is 14.6. The number of phenols is 1. The Morgan fingerprint density at radius 1 is 1.00 bits per heavy atom. The van der Waals surface area contributed by atoms with Gasteiger partial charge in [0, 0.05) is 45.0 Å². The van der Waals surface area contributed by atoms with Crippen LogP contribution in [0.5, 0.6) is 5.75 Å². The highest BCUT2D eigenvalue weighted by atomic mass is 35.5. The summed E-state index contributed by atoms with van der Waals surface area (Å²) < 4.78 is 2.12. The lowest BCUT2D eigenvalue weighted by atomic mass is 10.2. The van der Waals surface area contributed by atoms with Gasteiger partial charge in [0.1, 0.15) is 11.4 Å². The zero-order chi connectivity index (χ0) is 17.3. The molecule has 0 fully saturated rings. The van der Waals surface area contributed by atoms with Gasteiger partial charge in [0.25, 0.3) is 0 Å². The molecular formula is C19H16Cl2N2O. The first-order chi connectivity index (χ1) is 11.5. The van der Waals surface area contributed by atoms with Crippen LogP contribution in [-0.2, 0) is 0 Å². The van der Waals surface area contributed by atoms with E-state index in [1.165, 1.54) is 6.07 Å². The third-order valence-electron chi connectivity index (χ3n) is 3.82. The second-order valence-electron chi connectivity index (χ2n) is 5.53. The Balaban J connectivity index is 1.98. The van der Waals surface area contributed by atoms with Crippen LogP contribution in [-0.4, -0.2) is 15.9 Å². The van der Waals surface area contributed by atoms with Crippen molar-refractivity contribution < 1.29 is 5.11 Å². The van der Waals surface area contributed by atoms with E-state index >= 15 is 0 Å². The molecule has 0 unspecified atom stereocenters. The Bertz CT molecular complexity index is 929. The quantitative estimate of drug-likeness (QED) is 0.585. The van der Waals surface area contributed by atoms with Crippen molar-refractivity contribution in [2.24, 2.45) is 4.99 Å². The Morgan fingerprint density at radius 2 is 1.75 bits per heavy atom. The third kappa shape index (κ3) is 3.32. The maximum Gasteiger partial charge on any atom is 0.142 e. The number of aliphatic imine (C=N–C) groups is 1. The van der Waals surface area contributed by atoms with Crippen LogP contribution in [0, 0.1) is 13.8 Å². The van der Waals surface area contributed by atoms with Gasteiger partial charge in [-0.2, -0.15) is 0 Å². The minimum Gasteiger partial charge on any atom is -0.506 e. The lowest BCUT2D eigenvalue weighted by Crippen LogP contribution is -1.99. The van der Waals surface area contributed by atoms with Gasteiger partial charge in [-0.1, -0.05) is 29.3 Å². The normalized spacial score (nSPS) is 11.3. The van der Waals surface area contributed by atoms with Gasteiger partial charge in [-0.25, -0.2) is 0 Å². The van der Waals surface area contributed by atoms with E-state index in [4.69, 9.17) is 23.2 Å². The van der Waals surface area contributed by atoms with Crippen LogP contribution in [0.1, 0.15) is 17.0 Å². The molecule has 0 amide bonds. The van der Waals surface area contributed by atoms with Crippen LogP contribution >= 0.6 is 23.2 Å². The molecule has 0 aliphatic heterocycles. The van der Waals surface area contributed by atoms with E-state index < -0.39 is 0 Å². The number of aromatic nitrogens is 1. The second kappa shape index (κ2) is 6.71. The van der Waals surface area contributed by atoms with Gasteiger partial charge in [-0.15, -0.1) is 0 Å². The van der Waals surface area contributed by atoms with Crippen molar-refractivity contribution in [3.05, 3.63) is 75.5 Å². The standard InChI is InChI=1S/C19H16Cl2N2O/c1-12-8-14(11-22-18-7-6-16(21)10-19(18)24)13(2)23(12)17-5-3-4-15(20)9-17/h3-11,24H,1-2H3. The molecule has 5 heteroatoms. The fraction of sp³-hybridized carbons (Fsp3) is 0.105. The predicted molar refractivity (Wildman–Crippen MR) is 101 cm³/mol. The molecule has 0 saturated heterocycles. The number of benzene rings is 2. The highest BCUT2D eigenvalue weighted by molar-refractivity contribution is 6.31. The van der Waals surface area contributed by atoms with Crippen LogP contribution in [0.2, 0.25) is 10.0 Å². The Kier molecular flexibility index (Phi) is 4.65. The van der Waals surface area contributed by atoms with Gasteiger partial charge in [-0.3, -0.25) is 4.99 Å². The highest BCUT2D eigenvalue weighted by Crippen LogP contribution is 2.29. The molecule has 3 aromatic rings. The van der Waals surface area contributed by atoms with Gasteiger partial charge >= 0.3 is 0 Å². The predicted octanol–water partition coefficient (Wildman–Crippen LogP) is 5.86. The summed E-state index contributed by atoms with van der Waals surface area (Å²) >= 11 is 11.9. The first-order valence-corrected chi connectivity index (χ1v) is 8.19. The molecular weight excluding hydrogens is 343 g/mol. The van der Waals surface area contributed by atoms with E-state index in [-0.39, 0.29) is 5.75 Å². The third-order valence-corrected chi connectivity index (χ3v) is 4.29. The summed E-state index contributed by atoms with van der Waals surface area (Å²) in [4.78, 5) is 4.37. The summed E-state index contributed by atoms with van der Waals surface area (Å²) in [6.07, 6.45) is 1.74. The van der Waals surface area contributed by atoms with Gasteiger partial charge in [0.2, 0.25) is 0 Å². The SMILES string of the molecule is Cc1cc(C=Nc2ccc(Cl)cc2O)c(C)n1-c1cccc(Cl)c1. The minimum atomic E-state index is 0.0578. The Hall–Kier alpha value is -2.23. The number of hydrogen-bond donors (Lipinski definition) is 1. The van der Waals surface area contributed by atoms with E-state index in [0.717, 1.165) is 22.6 Å². The number of halogens is 2. The van der Waals surface area contributed by atoms with Crippen molar-refractivity contribution in [3.8, 4) is 11.4 Å². The van der Waals surface area contributed by atoms with E-state index in [9.17, 15) is 5.11 Å². The van der Waals surface area contributed by atoms with Crippen LogP contribution in [0.4, 0.5) is 5.69 Å². The summed E-state index contributed by atoms with van der Waals surface area (Å²) in [7, 11) is 0. The molecule has 0 bridgehead atoms. The molecule has 1 aromatic heterocycles. The van der Waals surface area contributed by atoms with Crippen LogP contribution < -0.4 is 0 Å². The zero-order valence-electron chi connectivity index (χ0n) is 13.3. The molecule has 0 aliphatic carbocycles. The molecule has 1 N–H and O–H groups in total. The fourth-order valence-electron chi connectivity index (χ4n) is 2.68. The maximum atomic E-state index is 9.89. The van der Waals surface area contributed by atoms with E-state index in [1.807, 2.05) is 44.2 Å². The van der Waals surface area contributed by atoms with Crippen LogP contribution in [0.15, 0.2) is 53.5 Å². The molecule has 3 rings (SSSR count). The number of aromatic hydroxyl groups is 1. The molecule has 24 heavy (non-hydrogen) atoms. The Labute approximate surface area is 150 Å². The van der Waals surface area contributed by atoms with Gasteiger partial charge in [0.05, 0.1) is 0 Å². The molecule has 0 aliphatic rings. The molecule has 0 saturated carbocycles. The van der Waals surface area contributed by atoms with Gasteiger partial charge < -0.3 is 9.67 Å². The van der Waals surface area contributed by atoms with Crippen LogP contribution in [0.3, 0.4) is 0 Å². The largest absolute Gasteiger partial charge is 0.506 e. The molecule has 0 spiro atoms. The van der Waals surface area contributed by atoms with Crippen molar-refractivity contribution in [2.45, 2.75) is 13.8 Å². The number of hydrogen-bond acceptors (Lipinski definition) is 2. The second-order valence-corrected chi connectivity index (χ2v) is 6.41. The molecule has 0 atom stereocenters. The average molecular weight is 359 g/mol. The Morgan fingerprint density at radius 3 is 2.46 bits per heavy atom. The smallest absolute Gasteiger partial charge is 0.142 e. The average Bonchev–Trinajstić information content (AvgIpc) is 2.80. The minimum absolute atomic E-state index is 0.0578. The molecule has 1 heterocycles. The summed E-state index contributed by atoms with van der Waals surface area (Å²) in [5.41, 5.74) is 4.59. The lowest BCUT2D eigenvalue weighted by Gasteiger charge is -2.09. The number of nitrogens with zero attached hydrogens (tertiary/aromatic N) is 2. The lowest BCUT2D eigenvalue weighted by molar-refractivity contribution is 0.477. The topological polar surface area (TPSA) is 37.5 Å². The molecule has 2 aromatic carbocycles. The van der Waals surface area contributed by atoms with E-state index in [2.05, 4.69) is 9.56 Å². The summed E-state index contributed by atoms with van der Waals surface area (Å²) in [5.74, 6) is 0.0578. The summed E-state index contributed by atoms with van der Waals surface area (Å²) in [6.45, 7) is 4.06. The number of aryl methyl sites for hydroxylation is 1. The van der Waals surface area contributed by atoms with Crippen molar-refractivity contribution in [1.82, 2.24) is 4.57 Å². The van der Waals surface area contributed by atoms with E-state index in [1.54, 1.807) is 18.3 Å². The highest BCUT2D eigenvalue weighted by Gasteiger charge is 2.10. The van der Waals surface area contributed by atoms with Crippen molar-refractivity contribution in [2.75, 3.05) is 0 Å². The van der Waals surface area contributed by atoms with Gasteiger partial charge in [0.15, 0.2) is 0 Å². The monoisotopic (exact) mass is 358 g/mol. The van der Waals surface area contributed by atoms with Crippen molar-refractivity contribution in [1.29, 1.82) is 0 Å². The summed E-state index contributed by atoms with van der Waals surface area (Å²) in [5, 5.41) is 11.1. The number of phenolic OH excluding ortho intramolecular Hbond substituents is 1. The zero-order valence-corrected chi connectivity index (χ0v) is 14.8. The first kappa shape index (κ1) is 16.6. The van der Waals surface area contributed by atoms with Crippen molar-refractivity contribution >= 4 is 35.1 Å². The van der Waals surface area contributed by atoms with Gasteiger partial charge in [-0.05, 0) is 50.2 Å². The maximum absolute atomic E-state index is 9.89. The molecule has 3 nitrogen and oxygen atoms in total. The number of rotatable bonds is 3. The molecule has 122 valence electrons. The van der Waals surface area contributed by atoms with E-state index in [0.29, 0.717) is 15.7 Å².